The summed E-state index contributed by atoms with van der Waals surface area (Å²) in [4.78, 5) is 19.9. The highest BCUT2D eigenvalue weighted by Crippen LogP contribution is 2.31. The third-order valence-corrected chi connectivity index (χ3v) is 4.08. The number of hydrogen-bond acceptors (Lipinski definition) is 3. The van der Waals surface area contributed by atoms with Crippen LogP contribution in [-0.2, 0) is 4.74 Å². The normalized spacial score (nSPS) is 23.7. The maximum absolute atomic E-state index is 12.7. The second kappa shape index (κ2) is 4.94. The van der Waals surface area contributed by atoms with E-state index in [1.54, 1.807) is 18.5 Å². The molecule has 2 atom stereocenters. The lowest BCUT2D eigenvalue weighted by Gasteiger charge is -2.27. The summed E-state index contributed by atoms with van der Waals surface area (Å²) in [5, 5.41) is 1.29. The Bertz CT molecular complexity index is 623. The van der Waals surface area contributed by atoms with Gasteiger partial charge in [0.25, 0.3) is 0 Å². The van der Waals surface area contributed by atoms with E-state index >= 15 is 0 Å². The van der Waals surface area contributed by atoms with E-state index in [4.69, 9.17) is 16.3 Å². The van der Waals surface area contributed by atoms with Crippen molar-refractivity contribution in [3.8, 4) is 0 Å². The predicted molar refractivity (Wildman–Crippen MR) is 73.5 cm³/mol. The molecule has 0 radical (unpaired) electrons. The minimum atomic E-state index is 0.00372. The molecule has 1 aliphatic heterocycles. The van der Waals surface area contributed by atoms with E-state index in [0.29, 0.717) is 29.4 Å². The van der Waals surface area contributed by atoms with Crippen molar-refractivity contribution in [2.45, 2.75) is 13.3 Å². The van der Waals surface area contributed by atoms with Gasteiger partial charge in [-0.05, 0) is 18.4 Å². The lowest BCUT2D eigenvalue weighted by atomic mass is 9.83. The van der Waals surface area contributed by atoms with Crippen LogP contribution in [0.25, 0.3) is 11.0 Å². The monoisotopic (exact) mass is 278 g/mol. The van der Waals surface area contributed by atoms with Gasteiger partial charge in [0.15, 0.2) is 5.78 Å². The molecule has 1 aliphatic rings. The molecule has 1 saturated heterocycles. The van der Waals surface area contributed by atoms with Crippen molar-refractivity contribution in [2.75, 3.05) is 13.2 Å². The largest absolute Gasteiger partial charge is 0.381 e. The molecule has 1 fully saturated rings. The summed E-state index contributed by atoms with van der Waals surface area (Å²) in [6, 6.07) is 1.71. The molecule has 3 heterocycles. The van der Waals surface area contributed by atoms with E-state index in [1.807, 2.05) is 0 Å². The minimum absolute atomic E-state index is 0.00372. The van der Waals surface area contributed by atoms with Crippen LogP contribution in [-0.4, -0.2) is 29.0 Å². The SMILES string of the molecule is CC1COCCC1C(=O)c1c[nH]c2nccc(Cl)c12. The Hall–Kier alpha value is -1.39. The number of rotatable bonds is 2. The van der Waals surface area contributed by atoms with Crippen LogP contribution in [0, 0.1) is 11.8 Å². The van der Waals surface area contributed by atoms with Crippen LogP contribution in [0.3, 0.4) is 0 Å². The summed E-state index contributed by atoms with van der Waals surface area (Å²) >= 11 is 6.19. The summed E-state index contributed by atoms with van der Waals surface area (Å²) < 4.78 is 5.39. The zero-order valence-corrected chi connectivity index (χ0v) is 11.4. The van der Waals surface area contributed by atoms with Gasteiger partial charge in [0.1, 0.15) is 5.65 Å². The summed E-state index contributed by atoms with van der Waals surface area (Å²) in [7, 11) is 0. The highest BCUT2D eigenvalue weighted by atomic mass is 35.5. The maximum Gasteiger partial charge on any atom is 0.168 e. The van der Waals surface area contributed by atoms with Crippen LogP contribution in [0.1, 0.15) is 23.7 Å². The van der Waals surface area contributed by atoms with Gasteiger partial charge in [-0.25, -0.2) is 4.98 Å². The predicted octanol–water partition coefficient (Wildman–Crippen LogP) is 3.07. The molecule has 0 amide bonds. The van der Waals surface area contributed by atoms with Crippen LogP contribution in [0.4, 0.5) is 0 Å². The fourth-order valence-electron chi connectivity index (χ4n) is 2.68. The number of fused-ring (bicyclic) bond motifs is 1. The zero-order valence-electron chi connectivity index (χ0n) is 10.6. The van der Waals surface area contributed by atoms with Gasteiger partial charge in [-0.2, -0.15) is 0 Å². The Kier molecular flexibility index (Phi) is 3.29. The first-order valence-corrected chi connectivity index (χ1v) is 6.80. The molecule has 3 rings (SSSR count). The van der Waals surface area contributed by atoms with Crippen molar-refractivity contribution in [3.05, 3.63) is 29.0 Å². The molecule has 2 aromatic rings. The third kappa shape index (κ3) is 2.15. The molecule has 2 aromatic heterocycles. The molecule has 0 bridgehead atoms. The molecule has 0 aliphatic carbocycles. The number of pyridine rings is 1. The van der Waals surface area contributed by atoms with Crippen molar-refractivity contribution in [3.63, 3.8) is 0 Å². The van der Waals surface area contributed by atoms with Gasteiger partial charge in [-0.3, -0.25) is 4.79 Å². The Balaban J connectivity index is 2.02. The van der Waals surface area contributed by atoms with Crippen LogP contribution in [0.2, 0.25) is 5.02 Å². The smallest absolute Gasteiger partial charge is 0.168 e. The highest BCUT2D eigenvalue weighted by Gasteiger charge is 2.30. The Morgan fingerprint density at radius 1 is 1.58 bits per heavy atom. The molecule has 0 spiro atoms. The quantitative estimate of drug-likeness (QED) is 0.859. The standard InChI is InChI=1S/C14H15ClN2O2/c1-8-7-19-5-3-9(8)13(18)10-6-17-14-12(10)11(15)2-4-16-14/h2,4,6,8-9H,3,5,7H2,1H3,(H,16,17). The van der Waals surface area contributed by atoms with Crippen LogP contribution < -0.4 is 0 Å². The van der Waals surface area contributed by atoms with E-state index in [-0.39, 0.29) is 17.6 Å². The molecule has 1 N–H and O–H groups in total. The number of hydrogen-bond donors (Lipinski definition) is 1. The molecule has 2 unspecified atom stereocenters. The summed E-state index contributed by atoms with van der Waals surface area (Å²) in [5.41, 5.74) is 1.31. The van der Waals surface area contributed by atoms with Crippen molar-refractivity contribution in [2.24, 2.45) is 11.8 Å². The topological polar surface area (TPSA) is 55.0 Å². The first-order chi connectivity index (χ1) is 9.18. The van der Waals surface area contributed by atoms with Crippen LogP contribution in [0.5, 0.6) is 0 Å². The third-order valence-electron chi connectivity index (χ3n) is 3.77. The summed E-state index contributed by atoms with van der Waals surface area (Å²) in [5.74, 6) is 0.377. The zero-order chi connectivity index (χ0) is 13.4. The van der Waals surface area contributed by atoms with E-state index in [9.17, 15) is 4.79 Å². The number of halogens is 1. The number of aromatic nitrogens is 2. The fraction of sp³-hybridized carbons (Fsp3) is 0.429. The summed E-state index contributed by atoms with van der Waals surface area (Å²) in [6.45, 7) is 3.34. The average molecular weight is 279 g/mol. The molecule has 4 nitrogen and oxygen atoms in total. The summed E-state index contributed by atoms with van der Waals surface area (Å²) in [6.07, 6.45) is 4.12. The molecule has 19 heavy (non-hydrogen) atoms. The molecule has 0 saturated carbocycles. The molecule has 100 valence electrons. The van der Waals surface area contributed by atoms with E-state index < -0.39 is 0 Å². The number of nitrogens with zero attached hydrogens (tertiary/aromatic N) is 1. The van der Waals surface area contributed by atoms with Crippen molar-refractivity contribution in [1.82, 2.24) is 9.97 Å². The number of aromatic amines is 1. The van der Waals surface area contributed by atoms with Crippen LogP contribution >= 0.6 is 11.6 Å². The fourth-order valence-corrected chi connectivity index (χ4v) is 2.93. The molecule has 0 aromatic carbocycles. The van der Waals surface area contributed by atoms with E-state index in [2.05, 4.69) is 16.9 Å². The van der Waals surface area contributed by atoms with Crippen molar-refractivity contribution < 1.29 is 9.53 Å². The molecular formula is C14H15ClN2O2. The minimum Gasteiger partial charge on any atom is -0.381 e. The van der Waals surface area contributed by atoms with Gasteiger partial charge < -0.3 is 9.72 Å². The van der Waals surface area contributed by atoms with E-state index in [0.717, 1.165) is 11.8 Å². The second-order valence-electron chi connectivity index (χ2n) is 5.03. The lowest BCUT2D eigenvalue weighted by molar-refractivity contribution is 0.0242. The molecule has 5 heteroatoms. The number of carbonyl (C=O) groups excluding carboxylic acids is 1. The Labute approximate surface area is 116 Å². The average Bonchev–Trinajstić information content (AvgIpc) is 2.84. The van der Waals surface area contributed by atoms with Crippen molar-refractivity contribution >= 4 is 28.4 Å². The number of ketones is 1. The maximum atomic E-state index is 12.7. The number of Topliss-reactive ketones (excluding diaryl/α,β-unsaturated/α-hetero) is 1. The highest BCUT2D eigenvalue weighted by molar-refractivity contribution is 6.36. The Morgan fingerprint density at radius 2 is 2.42 bits per heavy atom. The van der Waals surface area contributed by atoms with Crippen LogP contribution in [0.15, 0.2) is 18.5 Å². The first-order valence-electron chi connectivity index (χ1n) is 6.42. The lowest BCUT2D eigenvalue weighted by Crippen LogP contribution is -2.31. The van der Waals surface area contributed by atoms with E-state index in [1.165, 1.54) is 0 Å². The Morgan fingerprint density at radius 3 is 3.21 bits per heavy atom. The van der Waals surface area contributed by atoms with Gasteiger partial charge in [0.05, 0.1) is 5.02 Å². The number of H-pyrrole nitrogens is 1. The second-order valence-corrected chi connectivity index (χ2v) is 5.44. The van der Waals surface area contributed by atoms with Gasteiger partial charge in [-0.15, -0.1) is 0 Å². The van der Waals surface area contributed by atoms with Gasteiger partial charge in [-0.1, -0.05) is 18.5 Å². The number of carbonyl (C=O) groups is 1. The number of nitrogens with one attached hydrogen (secondary N) is 1. The van der Waals surface area contributed by atoms with Gasteiger partial charge >= 0.3 is 0 Å². The number of ether oxygens (including phenoxy) is 1. The van der Waals surface area contributed by atoms with Crippen molar-refractivity contribution in [1.29, 1.82) is 0 Å². The van der Waals surface area contributed by atoms with Gasteiger partial charge in [0.2, 0.25) is 0 Å². The first kappa shape index (κ1) is 12.6. The molecular weight excluding hydrogens is 264 g/mol. The van der Waals surface area contributed by atoms with Gasteiger partial charge in [0, 0.05) is 42.5 Å².